The van der Waals surface area contributed by atoms with Crippen LogP contribution in [0.3, 0.4) is 0 Å². The molecule has 0 bridgehead atoms. The average molecular weight is 520 g/mol. The van der Waals surface area contributed by atoms with Crippen molar-refractivity contribution in [2.45, 2.75) is 34.1 Å². The zero-order valence-electron chi connectivity index (χ0n) is 20.6. The molecule has 1 amide bonds. The molecule has 188 valence electrons. The highest BCUT2D eigenvalue weighted by molar-refractivity contribution is 7.15. The van der Waals surface area contributed by atoms with Crippen LogP contribution in [0.15, 0.2) is 52.6 Å². The van der Waals surface area contributed by atoms with Crippen molar-refractivity contribution < 1.29 is 13.6 Å². The molecule has 0 saturated heterocycles. The summed E-state index contributed by atoms with van der Waals surface area (Å²) in [6.07, 6.45) is -0.0288. The molecule has 0 fully saturated rings. The fraction of sp³-hybridized carbons (Fsp3) is 0.185. The fourth-order valence-electron chi connectivity index (χ4n) is 4.20. The number of thiazole rings is 1. The average Bonchev–Trinajstić information content (AvgIpc) is 3.41. The van der Waals surface area contributed by atoms with Crippen LogP contribution in [0.2, 0.25) is 0 Å². The van der Waals surface area contributed by atoms with Gasteiger partial charge in [0.05, 0.1) is 17.7 Å². The van der Waals surface area contributed by atoms with E-state index in [1.54, 1.807) is 25.3 Å². The van der Waals surface area contributed by atoms with E-state index >= 15 is 0 Å². The maximum Gasteiger partial charge on any atom is 0.268 e. The minimum Gasteiger partial charge on any atom is -0.326 e. The number of carbonyl (C=O) groups excluding carboxylic acids is 1. The van der Waals surface area contributed by atoms with Crippen molar-refractivity contribution in [3.8, 4) is 16.9 Å². The first-order valence-electron chi connectivity index (χ1n) is 11.5. The molecule has 37 heavy (non-hydrogen) atoms. The number of nitrogens with one attached hydrogen (secondary N) is 1. The second-order valence-electron chi connectivity index (χ2n) is 8.92. The first-order valence-corrected chi connectivity index (χ1v) is 12.4. The Morgan fingerprint density at radius 2 is 1.81 bits per heavy atom. The lowest BCUT2D eigenvalue weighted by molar-refractivity contribution is -0.115. The van der Waals surface area contributed by atoms with Gasteiger partial charge in [0.25, 0.3) is 5.56 Å². The lowest BCUT2D eigenvalue weighted by Crippen LogP contribution is -2.23. The first-order chi connectivity index (χ1) is 17.6. The number of carbonyl (C=O) groups is 1. The highest BCUT2D eigenvalue weighted by atomic mass is 32.1. The largest absolute Gasteiger partial charge is 0.326 e. The van der Waals surface area contributed by atoms with Crippen LogP contribution in [0.1, 0.15) is 28.2 Å². The summed E-state index contributed by atoms with van der Waals surface area (Å²) < 4.78 is 30.8. The van der Waals surface area contributed by atoms with Gasteiger partial charge in [0.15, 0.2) is 4.96 Å². The molecule has 3 heterocycles. The van der Waals surface area contributed by atoms with Crippen molar-refractivity contribution in [3.05, 3.63) is 98.0 Å². The first kappa shape index (κ1) is 24.5. The predicted molar refractivity (Wildman–Crippen MR) is 140 cm³/mol. The number of anilines is 1. The molecule has 10 heteroatoms. The molecular weight excluding hydrogens is 496 g/mol. The summed E-state index contributed by atoms with van der Waals surface area (Å²) in [6.45, 7) is 7.35. The molecule has 7 nitrogen and oxygen atoms in total. The summed E-state index contributed by atoms with van der Waals surface area (Å²) in [4.78, 5) is 31.4. The number of benzene rings is 2. The van der Waals surface area contributed by atoms with Gasteiger partial charge in [0, 0.05) is 28.5 Å². The molecule has 2 aromatic carbocycles. The van der Waals surface area contributed by atoms with Gasteiger partial charge in [-0.05, 0) is 69.2 Å². The molecule has 1 N–H and O–H groups in total. The molecule has 0 saturated carbocycles. The second kappa shape index (κ2) is 9.36. The molecule has 0 atom stereocenters. The van der Waals surface area contributed by atoms with Gasteiger partial charge in [-0.15, -0.1) is 11.3 Å². The Labute approximate surface area is 215 Å². The minimum atomic E-state index is -0.643. The Bertz CT molecular complexity index is 1750. The Hall–Kier alpha value is -4.18. The number of aromatic nitrogens is 4. The Kier molecular flexibility index (Phi) is 6.20. The highest BCUT2D eigenvalue weighted by Crippen LogP contribution is 2.25. The Balaban J connectivity index is 1.52. The molecule has 0 radical (unpaired) electrons. The third-order valence-corrected chi connectivity index (χ3v) is 7.11. The predicted octanol–water partition coefficient (Wildman–Crippen LogP) is 5.30. The second-order valence-corrected chi connectivity index (χ2v) is 9.76. The van der Waals surface area contributed by atoms with Crippen molar-refractivity contribution in [2.75, 3.05) is 5.32 Å². The summed E-state index contributed by atoms with van der Waals surface area (Å²) >= 11 is 1.26. The molecule has 5 aromatic rings. The molecule has 0 unspecified atom stereocenters. The number of hydrogen-bond donors (Lipinski definition) is 1. The molecule has 0 aliphatic carbocycles. The van der Waals surface area contributed by atoms with E-state index in [-0.39, 0.29) is 34.8 Å². The molecule has 0 aliphatic heterocycles. The van der Waals surface area contributed by atoms with E-state index in [0.717, 1.165) is 29.3 Å². The van der Waals surface area contributed by atoms with Gasteiger partial charge in [-0.1, -0.05) is 6.07 Å². The van der Waals surface area contributed by atoms with Crippen molar-refractivity contribution in [3.63, 3.8) is 0 Å². The van der Waals surface area contributed by atoms with Crippen LogP contribution in [-0.4, -0.2) is 25.1 Å². The van der Waals surface area contributed by atoms with E-state index in [0.29, 0.717) is 27.7 Å². The Morgan fingerprint density at radius 3 is 2.57 bits per heavy atom. The number of fused-ring (bicyclic) bond motifs is 1. The van der Waals surface area contributed by atoms with Gasteiger partial charge in [0.2, 0.25) is 5.91 Å². The van der Waals surface area contributed by atoms with E-state index in [9.17, 15) is 18.4 Å². The van der Waals surface area contributed by atoms with E-state index < -0.39 is 11.6 Å². The lowest BCUT2D eigenvalue weighted by Gasteiger charge is -2.09. The Morgan fingerprint density at radius 1 is 1.03 bits per heavy atom. The standard InChI is InChI=1S/C27H23F2N5O2S/c1-14-5-7-19(9-15(14)2)31-24(35)12-20-13-37-27-30-17(4)25(26(36)33(20)27)22-10-16(3)34(32-22)23-11-18(28)6-8-21(23)29/h5-11,13H,12H2,1-4H3,(H,31,35). The molecule has 0 spiro atoms. The van der Waals surface area contributed by atoms with Crippen molar-refractivity contribution in [1.29, 1.82) is 0 Å². The number of rotatable bonds is 5. The van der Waals surface area contributed by atoms with Crippen LogP contribution in [0.4, 0.5) is 14.5 Å². The van der Waals surface area contributed by atoms with Crippen LogP contribution >= 0.6 is 11.3 Å². The van der Waals surface area contributed by atoms with Crippen LogP contribution in [0, 0.1) is 39.3 Å². The summed E-state index contributed by atoms with van der Waals surface area (Å²) in [5.41, 5.74) is 4.38. The number of halogens is 2. The summed E-state index contributed by atoms with van der Waals surface area (Å²) in [6, 6.07) is 10.4. The lowest BCUT2D eigenvalue weighted by atomic mass is 10.1. The van der Waals surface area contributed by atoms with Crippen molar-refractivity contribution >= 4 is 27.9 Å². The zero-order chi connectivity index (χ0) is 26.4. The van der Waals surface area contributed by atoms with Crippen molar-refractivity contribution in [1.82, 2.24) is 19.2 Å². The fourth-order valence-corrected chi connectivity index (χ4v) is 5.13. The smallest absolute Gasteiger partial charge is 0.268 e. The van der Waals surface area contributed by atoms with Gasteiger partial charge >= 0.3 is 0 Å². The van der Waals surface area contributed by atoms with Crippen LogP contribution in [0.5, 0.6) is 0 Å². The third kappa shape index (κ3) is 4.55. The molecule has 3 aromatic heterocycles. The van der Waals surface area contributed by atoms with Crippen LogP contribution in [-0.2, 0) is 11.2 Å². The zero-order valence-corrected chi connectivity index (χ0v) is 21.4. The molecule has 5 rings (SSSR count). The number of hydrogen-bond acceptors (Lipinski definition) is 5. The molecule has 0 aliphatic rings. The number of aryl methyl sites for hydroxylation is 4. The summed E-state index contributed by atoms with van der Waals surface area (Å²) in [7, 11) is 0. The van der Waals surface area contributed by atoms with E-state index in [4.69, 9.17) is 0 Å². The van der Waals surface area contributed by atoms with E-state index in [1.165, 1.54) is 20.4 Å². The quantitative estimate of drug-likeness (QED) is 0.342. The normalized spacial score (nSPS) is 11.3. The third-order valence-electron chi connectivity index (χ3n) is 6.23. The van der Waals surface area contributed by atoms with E-state index in [2.05, 4.69) is 15.4 Å². The van der Waals surface area contributed by atoms with Gasteiger partial charge in [-0.25, -0.2) is 18.4 Å². The minimum absolute atomic E-state index is 0.0288. The molecular formula is C27H23F2N5O2S. The highest BCUT2D eigenvalue weighted by Gasteiger charge is 2.21. The van der Waals surface area contributed by atoms with E-state index in [1.807, 2.05) is 32.0 Å². The van der Waals surface area contributed by atoms with Gasteiger partial charge in [-0.2, -0.15) is 5.10 Å². The maximum atomic E-state index is 14.4. The van der Waals surface area contributed by atoms with Crippen LogP contribution in [0.25, 0.3) is 21.9 Å². The summed E-state index contributed by atoms with van der Waals surface area (Å²) in [5, 5.41) is 9.02. The number of amides is 1. The SMILES string of the molecule is Cc1ccc(NC(=O)Cc2csc3nc(C)c(-c4cc(C)n(-c5cc(F)ccc5F)n4)c(=O)n23)cc1C. The summed E-state index contributed by atoms with van der Waals surface area (Å²) in [5.74, 6) is -1.51. The monoisotopic (exact) mass is 519 g/mol. The van der Waals surface area contributed by atoms with Crippen molar-refractivity contribution in [2.24, 2.45) is 0 Å². The topological polar surface area (TPSA) is 81.3 Å². The van der Waals surface area contributed by atoms with Crippen LogP contribution < -0.4 is 10.9 Å². The van der Waals surface area contributed by atoms with Gasteiger partial charge < -0.3 is 5.32 Å². The maximum absolute atomic E-state index is 14.4. The number of nitrogens with zero attached hydrogens (tertiary/aromatic N) is 4. The van der Waals surface area contributed by atoms with Gasteiger partial charge in [-0.3, -0.25) is 14.0 Å². The van der Waals surface area contributed by atoms with Gasteiger partial charge in [0.1, 0.15) is 23.0 Å².